The van der Waals surface area contributed by atoms with Crippen molar-refractivity contribution < 1.29 is 0 Å². The lowest BCUT2D eigenvalue weighted by Crippen LogP contribution is -2.54. The van der Waals surface area contributed by atoms with E-state index in [0.29, 0.717) is 5.92 Å². The van der Waals surface area contributed by atoms with Crippen molar-refractivity contribution in [3.8, 4) is 0 Å². The van der Waals surface area contributed by atoms with E-state index in [0.717, 1.165) is 17.3 Å². The van der Waals surface area contributed by atoms with Crippen molar-refractivity contribution in [2.45, 2.75) is 22.7 Å². The molecule has 1 unspecified atom stereocenters. The summed E-state index contributed by atoms with van der Waals surface area (Å²) in [6, 6.07) is 0. The van der Waals surface area contributed by atoms with Crippen LogP contribution in [0, 0.1) is 5.92 Å². The Morgan fingerprint density at radius 1 is 1.35 bits per heavy atom. The van der Waals surface area contributed by atoms with Crippen molar-refractivity contribution in [1.82, 2.24) is 14.9 Å². The summed E-state index contributed by atoms with van der Waals surface area (Å²) in [6.07, 6.45) is 7.92. The number of rotatable bonds is 2. The third kappa shape index (κ3) is 1.86. The minimum absolute atomic E-state index is 0.316. The number of alkyl halides is 1. The average molecular weight is 270 g/mol. The summed E-state index contributed by atoms with van der Waals surface area (Å²) < 4.78 is 0. The van der Waals surface area contributed by atoms with Crippen LogP contribution in [0.2, 0.25) is 0 Å². The summed E-state index contributed by atoms with van der Waals surface area (Å²) in [6.45, 7) is 3.30. The molecular formula is C12H16ClN3S. The SMILES string of the molecule is CSc1nccnc1C1(Cl)CN2CCC1CC2. The number of aromatic nitrogens is 2. The van der Waals surface area contributed by atoms with Crippen LogP contribution in [0.15, 0.2) is 17.4 Å². The van der Waals surface area contributed by atoms with Crippen LogP contribution in [-0.2, 0) is 4.87 Å². The molecule has 17 heavy (non-hydrogen) atoms. The standard InChI is InChI=1S/C12H16ClN3S/c1-17-11-10(14-4-5-15-11)12(13)8-16-6-2-9(12)3-7-16/h4-5,9H,2-3,6-8H2,1H3. The van der Waals surface area contributed by atoms with E-state index in [1.165, 1.54) is 25.9 Å². The van der Waals surface area contributed by atoms with Crippen molar-refractivity contribution in [1.29, 1.82) is 0 Å². The van der Waals surface area contributed by atoms with Gasteiger partial charge in [-0.2, -0.15) is 0 Å². The zero-order valence-corrected chi connectivity index (χ0v) is 11.5. The summed E-state index contributed by atoms with van der Waals surface area (Å²) in [5, 5.41) is 0.983. The summed E-state index contributed by atoms with van der Waals surface area (Å²) in [5.41, 5.74) is 0.989. The Hall–Kier alpha value is -0.320. The molecule has 0 amide bonds. The molecule has 0 aliphatic carbocycles. The Kier molecular flexibility index (Phi) is 3.05. The largest absolute Gasteiger partial charge is 0.301 e. The maximum Gasteiger partial charge on any atom is 0.119 e. The molecule has 92 valence electrons. The molecule has 1 aromatic heterocycles. The number of fused-ring (bicyclic) bond motifs is 3. The van der Waals surface area contributed by atoms with Gasteiger partial charge in [0.05, 0.1) is 5.69 Å². The maximum absolute atomic E-state index is 6.92. The molecule has 4 heterocycles. The fraction of sp³-hybridized carbons (Fsp3) is 0.667. The van der Waals surface area contributed by atoms with Crippen molar-refractivity contribution in [2.75, 3.05) is 25.9 Å². The first-order valence-electron chi connectivity index (χ1n) is 6.01. The van der Waals surface area contributed by atoms with Crippen molar-refractivity contribution in [3.63, 3.8) is 0 Å². The summed E-state index contributed by atoms with van der Waals surface area (Å²) in [7, 11) is 0. The molecule has 1 aromatic rings. The first-order valence-corrected chi connectivity index (χ1v) is 7.61. The number of thioether (sulfide) groups is 1. The Morgan fingerprint density at radius 3 is 2.65 bits per heavy atom. The summed E-state index contributed by atoms with van der Waals surface area (Å²) >= 11 is 8.56. The van der Waals surface area contributed by atoms with E-state index in [2.05, 4.69) is 14.9 Å². The summed E-state index contributed by atoms with van der Waals surface area (Å²) in [4.78, 5) is 11.1. The maximum atomic E-state index is 6.92. The van der Waals surface area contributed by atoms with Crippen LogP contribution in [0.1, 0.15) is 18.5 Å². The zero-order valence-electron chi connectivity index (χ0n) is 9.90. The number of hydrogen-bond acceptors (Lipinski definition) is 4. The van der Waals surface area contributed by atoms with Crippen LogP contribution >= 0.6 is 23.4 Å². The molecule has 4 rings (SSSR count). The number of piperidine rings is 3. The minimum atomic E-state index is -0.316. The molecule has 3 saturated heterocycles. The minimum Gasteiger partial charge on any atom is -0.301 e. The molecule has 2 bridgehead atoms. The van der Waals surface area contributed by atoms with Crippen LogP contribution in [0.25, 0.3) is 0 Å². The van der Waals surface area contributed by atoms with E-state index in [4.69, 9.17) is 11.6 Å². The predicted octanol–water partition coefficient (Wildman–Crippen LogP) is 2.36. The van der Waals surface area contributed by atoms with Gasteiger partial charge in [0.1, 0.15) is 9.90 Å². The lowest BCUT2D eigenvalue weighted by molar-refractivity contribution is 0.0630. The van der Waals surface area contributed by atoms with Gasteiger partial charge in [-0.3, -0.25) is 4.98 Å². The van der Waals surface area contributed by atoms with Crippen LogP contribution in [0.4, 0.5) is 0 Å². The van der Waals surface area contributed by atoms with Gasteiger partial charge < -0.3 is 4.90 Å². The number of halogens is 1. The van der Waals surface area contributed by atoms with Gasteiger partial charge in [0.25, 0.3) is 0 Å². The molecule has 3 nitrogen and oxygen atoms in total. The topological polar surface area (TPSA) is 29.0 Å². The molecule has 3 aliphatic heterocycles. The van der Waals surface area contributed by atoms with Gasteiger partial charge in [0.15, 0.2) is 0 Å². The van der Waals surface area contributed by atoms with E-state index >= 15 is 0 Å². The highest BCUT2D eigenvalue weighted by atomic mass is 35.5. The first-order chi connectivity index (χ1) is 8.24. The molecule has 0 saturated carbocycles. The lowest BCUT2D eigenvalue weighted by atomic mass is 9.76. The van der Waals surface area contributed by atoms with Gasteiger partial charge in [0.2, 0.25) is 0 Å². The van der Waals surface area contributed by atoms with E-state index in [-0.39, 0.29) is 4.87 Å². The Bertz CT molecular complexity index is 420. The van der Waals surface area contributed by atoms with Crippen molar-refractivity contribution in [3.05, 3.63) is 18.1 Å². The monoisotopic (exact) mass is 269 g/mol. The normalized spacial score (nSPS) is 36.1. The summed E-state index contributed by atoms with van der Waals surface area (Å²) in [5.74, 6) is 0.553. The smallest absolute Gasteiger partial charge is 0.119 e. The van der Waals surface area contributed by atoms with Gasteiger partial charge in [-0.05, 0) is 38.1 Å². The molecule has 3 fully saturated rings. The van der Waals surface area contributed by atoms with E-state index in [1.54, 1.807) is 24.2 Å². The Labute approximate surface area is 111 Å². The van der Waals surface area contributed by atoms with Crippen LogP contribution in [0.3, 0.4) is 0 Å². The molecular weight excluding hydrogens is 254 g/mol. The molecule has 0 N–H and O–H groups in total. The van der Waals surface area contributed by atoms with Crippen LogP contribution < -0.4 is 0 Å². The third-order valence-corrected chi connectivity index (χ3v) is 5.23. The Balaban J connectivity index is 2.02. The first kappa shape index (κ1) is 11.8. The van der Waals surface area contributed by atoms with Crippen LogP contribution in [-0.4, -0.2) is 40.8 Å². The van der Waals surface area contributed by atoms with Gasteiger partial charge >= 0.3 is 0 Å². The third-order valence-electron chi connectivity index (χ3n) is 3.94. The highest BCUT2D eigenvalue weighted by Crippen LogP contribution is 2.48. The van der Waals surface area contributed by atoms with Gasteiger partial charge in [-0.1, -0.05) is 0 Å². The van der Waals surface area contributed by atoms with Crippen molar-refractivity contribution >= 4 is 23.4 Å². The van der Waals surface area contributed by atoms with Gasteiger partial charge in [-0.15, -0.1) is 23.4 Å². The van der Waals surface area contributed by atoms with Crippen molar-refractivity contribution in [2.24, 2.45) is 5.92 Å². The highest BCUT2D eigenvalue weighted by Gasteiger charge is 2.48. The molecule has 0 radical (unpaired) electrons. The fourth-order valence-corrected chi connectivity index (χ4v) is 4.21. The second-order valence-corrected chi connectivity index (χ2v) is 6.30. The lowest BCUT2D eigenvalue weighted by Gasteiger charge is -2.49. The molecule has 5 heteroatoms. The fourth-order valence-electron chi connectivity index (χ4n) is 3.03. The zero-order chi connectivity index (χ0) is 11.9. The predicted molar refractivity (Wildman–Crippen MR) is 70.5 cm³/mol. The van der Waals surface area contributed by atoms with E-state index in [1.807, 2.05) is 6.26 Å². The van der Waals surface area contributed by atoms with E-state index in [9.17, 15) is 0 Å². The van der Waals surface area contributed by atoms with Gasteiger partial charge in [-0.25, -0.2) is 4.98 Å². The molecule has 1 atom stereocenters. The molecule has 0 aromatic carbocycles. The average Bonchev–Trinajstić information content (AvgIpc) is 2.40. The molecule has 3 aliphatic rings. The quantitative estimate of drug-likeness (QED) is 0.609. The Morgan fingerprint density at radius 2 is 2.06 bits per heavy atom. The highest BCUT2D eigenvalue weighted by molar-refractivity contribution is 7.98. The number of nitrogens with zero attached hydrogens (tertiary/aromatic N) is 3. The number of hydrogen-bond donors (Lipinski definition) is 0. The van der Waals surface area contributed by atoms with E-state index < -0.39 is 0 Å². The van der Waals surface area contributed by atoms with Gasteiger partial charge in [0, 0.05) is 18.9 Å². The van der Waals surface area contributed by atoms with Crippen LogP contribution in [0.5, 0.6) is 0 Å². The molecule has 0 spiro atoms. The second-order valence-electron chi connectivity index (χ2n) is 4.83. The second kappa shape index (κ2) is 4.41.